The maximum Gasteiger partial charge on any atom is 0.202 e. The Labute approximate surface area is 226 Å². The predicted molar refractivity (Wildman–Crippen MR) is 152 cm³/mol. The van der Waals surface area contributed by atoms with Crippen LogP contribution in [0.5, 0.6) is 5.75 Å². The third-order valence-corrected chi connectivity index (χ3v) is 12.5. The molecule has 0 radical (unpaired) electrons. The average Bonchev–Trinajstić information content (AvgIpc) is 3.65. The van der Waals surface area contributed by atoms with Crippen LogP contribution in [-0.2, 0) is 9.01 Å². The van der Waals surface area contributed by atoms with Gasteiger partial charge in [-0.15, -0.1) is 0 Å². The van der Waals surface area contributed by atoms with Gasteiger partial charge in [-0.2, -0.15) is 0 Å². The SMILES string of the molecule is Cc1ccc(C2(c3c[nH]c(C4(C5CCCCC5)Oc5ccccc5S4)c3)Sc3ccccc3S2)cc1. The van der Waals surface area contributed by atoms with E-state index >= 15 is 0 Å². The highest BCUT2D eigenvalue weighted by molar-refractivity contribution is 8.20. The summed E-state index contributed by atoms with van der Waals surface area (Å²) in [5.41, 5.74) is 5.14. The van der Waals surface area contributed by atoms with Gasteiger partial charge in [-0.05, 0) is 55.7 Å². The summed E-state index contributed by atoms with van der Waals surface area (Å²) < 4.78 is 6.70. The molecule has 4 aromatic rings. The van der Waals surface area contributed by atoms with Crippen molar-refractivity contribution in [2.45, 2.75) is 62.7 Å². The molecular weight excluding hydrogens is 499 g/mol. The summed E-state index contributed by atoms with van der Waals surface area (Å²) in [7, 11) is 0. The topological polar surface area (TPSA) is 25.0 Å². The van der Waals surface area contributed by atoms with E-state index < -0.39 is 4.93 Å². The fourth-order valence-electron chi connectivity index (χ4n) is 5.86. The Hall–Kier alpha value is -2.21. The number of hydrogen-bond donors (Lipinski definition) is 1. The molecule has 3 aromatic carbocycles. The third-order valence-electron chi connectivity index (χ3n) is 7.74. The van der Waals surface area contributed by atoms with E-state index in [2.05, 4.69) is 97.0 Å². The van der Waals surface area contributed by atoms with Gasteiger partial charge < -0.3 is 9.72 Å². The highest BCUT2D eigenvalue weighted by Gasteiger charge is 2.51. The number of para-hydroxylation sites is 1. The van der Waals surface area contributed by atoms with Crippen LogP contribution < -0.4 is 4.74 Å². The lowest BCUT2D eigenvalue weighted by Gasteiger charge is -2.37. The summed E-state index contributed by atoms with van der Waals surface area (Å²) in [5, 5.41) is 0. The van der Waals surface area contributed by atoms with Gasteiger partial charge in [-0.3, -0.25) is 0 Å². The van der Waals surface area contributed by atoms with Gasteiger partial charge in [-0.25, -0.2) is 0 Å². The minimum absolute atomic E-state index is 0.226. The van der Waals surface area contributed by atoms with Crippen LogP contribution in [0.3, 0.4) is 0 Å². The Kier molecular flexibility index (Phi) is 5.72. The van der Waals surface area contributed by atoms with E-state index in [1.807, 2.05) is 35.3 Å². The third kappa shape index (κ3) is 3.66. The van der Waals surface area contributed by atoms with E-state index in [0.717, 1.165) is 5.75 Å². The maximum atomic E-state index is 6.93. The van der Waals surface area contributed by atoms with Crippen LogP contribution in [0.4, 0.5) is 0 Å². The zero-order valence-corrected chi connectivity index (χ0v) is 22.8. The first-order valence-corrected chi connectivity index (χ1v) is 15.3. The zero-order chi connectivity index (χ0) is 24.2. The van der Waals surface area contributed by atoms with Crippen LogP contribution in [0.1, 0.15) is 54.5 Å². The van der Waals surface area contributed by atoms with Gasteiger partial charge in [0, 0.05) is 27.5 Å². The standard InChI is InChI=1S/C31H29NOS3/c1-21-15-17-23(18-16-21)31(35-27-13-7-8-14-28(27)36-31)24-19-29(32-20-24)30(22-9-3-2-4-10-22)33-25-11-5-6-12-26(25)34-30/h5-8,11-20,22,32H,2-4,9-10H2,1H3. The van der Waals surface area contributed by atoms with E-state index in [4.69, 9.17) is 4.74 Å². The summed E-state index contributed by atoms with van der Waals surface area (Å²) in [5.74, 6) is 1.51. The van der Waals surface area contributed by atoms with Crippen LogP contribution in [0.2, 0.25) is 0 Å². The number of hydrogen-bond acceptors (Lipinski definition) is 4. The predicted octanol–water partition coefficient (Wildman–Crippen LogP) is 9.34. The number of fused-ring (bicyclic) bond motifs is 2. The van der Waals surface area contributed by atoms with Crippen LogP contribution in [0.15, 0.2) is 99.7 Å². The molecule has 1 aliphatic carbocycles. The monoisotopic (exact) mass is 527 g/mol. The fourth-order valence-corrected chi connectivity index (χ4v) is 10.5. The second kappa shape index (κ2) is 8.97. The van der Waals surface area contributed by atoms with Gasteiger partial charge in [0.1, 0.15) is 9.83 Å². The molecule has 7 rings (SSSR count). The van der Waals surface area contributed by atoms with Crippen molar-refractivity contribution in [2.75, 3.05) is 0 Å². The van der Waals surface area contributed by atoms with E-state index in [-0.39, 0.29) is 4.08 Å². The molecule has 3 aliphatic rings. The Balaban J connectivity index is 1.34. The minimum atomic E-state index is -0.391. The molecule has 2 nitrogen and oxygen atoms in total. The van der Waals surface area contributed by atoms with Crippen LogP contribution in [0, 0.1) is 12.8 Å². The van der Waals surface area contributed by atoms with Crippen LogP contribution in [0.25, 0.3) is 0 Å². The molecule has 0 spiro atoms. The van der Waals surface area contributed by atoms with Crippen molar-refractivity contribution in [3.63, 3.8) is 0 Å². The number of rotatable bonds is 4. The number of ether oxygens (including phenoxy) is 1. The largest absolute Gasteiger partial charge is 0.469 e. The summed E-state index contributed by atoms with van der Waals surface area (Å²) >= 11 is 5.85. The summed E-state index contributed by atoms with van der Waals surface area (Å²) in [6.45, 7) is 2.16. The molecule has 1 unspecified atom stereocenters. The van der Waals surface area contributed by atoms with E-state index in [0.29, 0.717) is 5.92 Å². The van der Waals surface area contributed by atoms with Gasteiger partial charge in [-0.1, -0.05) is 109 Å². The van der Waals surface area contributed by atoms with Crippen LogP contribution in [-0.4, -0.2) is 4.98 Å². The second-order valence-electron chi connectivity index (χ2n) is 10.1. The van der Waals surface area contributed by atoms with Gasteiger partial charge in [0.15, 0.2) is 0 Å². The molecule has 0 bridgehead atoms. The minimum Gasteiger partial charge on any atom is -0.469 e. The van der Waals surface area contributed by atoms with Crippen molar-refractivity contribution >= 4 is 35.3 Å². The Morgan fingerprint density at radius 3 is 2.11 bits per heavy atom. The summed E-state index contributed by atoms with van der Waals surface area (Å²) in [4.78, 5) is 7.33. The first kappa shape index (κ1) is 22.9. The molecule has 36 heavy (non-hydrogen) atoms. The van der Waals surface area contributed by atoms with Crippen molar-refractivity contribution < 1.29 is 4.74 Å². The molecule has 2 aliphatic heterocycles. The van der Waals surface area contributed by atoms with Gasteiger partial charge in [0.25, 0.3) is 0 Å². The highest BCUT2D eigenvalue weighted by Crippen LogP contribution is 2.65. The number of H-pyrrole nitrogens is 1. The highest BCUT2D eigenvalue weighted by atomic mass is 32.2. The fraction of sp³-hybridized carbons (Fsp3) is 0.290. The van der Waals surface area contributed by atoms with Crippen LogP contribution >= 0.6 is 35.3 Å². The van der Waals surface area contributed by atoms with Gasteiger partial charge in [0.05, 0.1) is 10.6 Å². The maximum absolute atomic E-state index is 6.93. The lowest BCUT2D eigenvalue weighted by molar-refractivity contribution is 0.0759. The van der Waals surface area contributed by atoms with Crippen molar-refractivity contribution in [2.24, 2.45) is 5.92 Å². The first-order chi connectivity index (χ1) is 17.7. The van der Waals surface area contributed by atoms with Crippen molar-refractivity contribution in [3.05, 3.63) is 107 Å². The number of aromatic amines is 1. The number of thioether (sulfide) groups is 3. The van der Waals surface area contributed by atoms with Crippen molar-refractivity contribution in [3.8, 4) is 5.75 Å². The zero-order valence-electron chi connectivity index (χ0n) is 20.3. The Morgan fingerprint density at radius 1 is 0.750 bits per heavy atom. The molecule has 1 N–H and O–H groups in total. The number of aromatic nitrogens is 1. The molecule has 1 saturated carbocycles. The van der Waals surface area contributed by atoms with Gasteiger partial charge >= 0.3 is 0 Å². The molecule has 0 saturated heterocycles. The molecule has 5 heteroatoms. The molecule has 0 amide bonds. The number of nitrogens with one attached hydrogen (secondary N) is 1. The molecular formula is C31H29NOS3. The molecule has 1 fully saturated rings. The van der Waals surface area contributed by atoms with Crippen molar-refractivity contribution in [1.82, 2.24) is 4.98 Å². The quantitative estimate of drug-likeness (QED) is 0.286. The molecule has 1 atom stereocenters. The smallest absolute Gasteiger partial charge is 0.202 e. The summed E-state index contributed by atoms with van der Waals surface area (Å²) in [6, 6.07) is 28.9. The van der Waals surface area contributed by atoms with Crippen molar-refractivity contribution in [1.29, 1.82) is 0 Å². The van der Waals surface area contributed by atoms with E-state index in [1.165, 1.54) is 69.2 Å². The Bertz CT molecular complexity index is 1350. The first-order valence-electron chi connectivity index (χ1n) is 12.9. The molecule has 3 heterocycles. The average molecular weight is 528 g/mol. The van der Waals surface area contributed by atoms with Gasteiger partial charge in [0.2, 0.25) is 4.93 Å². The molecule has 182 valence electrons. The number of aryl methyl sites for hydroxylation is 1. The second-order valence-corrected chi connectivity index (χ2v) is 14.1. The normalized spacial score (nSPS) is 22.7. The Morgan fingerprint density at radius 2 is 1.42 bits per heavy atom. The lowest BCUT2D eigenvalue weighted by Crippen LogP contribution is -2.37. The molecule has 1 aromatic heterocycles. The van der Waals surface area contributed by atoms with E-state index in [9.17, 15) is 0 Å². The number of benzene rings is 3. The lowest BCUT2D eigenvalue weighted by atomic mass is 9.83. The summed E-state index contributed by atoms with van der Waals surface area (Å²) in [6.07, 6.45) is 8.59. The van der Waals surface area contributed by atoms with E-state index in [1.54, 1.807) is 0 Å².